The van der Waals surface area contributed by atoms with Crippen LogP contribution in [0.1, 0.15) is 45.4 Å². The molecule has 0 radical (unpaired) electrons. The summed E-state index contributed by atoms with van der Waals surface area (Å²) < 4.78 is 0. The molecule has 1 saturated heterocycles. The highest BCUT2D eigenvalue weighted by molar-refractivity contribution is 5.71. The minimum Gasteiger partial charge on any atom is -0.481 e. The summed E-state index contributed by atoms with van der Waals surface area (Å²) in [6, 6.07) is 0.322. The van der Waals surface area contributed by atoms with Crippen molar-refractivity contribution in [3.8, 4) is 0 Å². The lowest BCUT2D eigenvalue weighted by Gasteiger charge is -2.30. The fraction of sp³-hybridized carbons (Fsp3) is 0.923. The van der Waals surface area contributed by atoms with Gasteiger partial charge in [0.2, 0.25) is 0 Å². The van der Waals surface area contributed by atoms with Gasteiger partial charge in [0.1, 0.15) is 0 Å². The second kappa shape index (κ2) is 5.17. The Morgan fingerprint density at radius 3 is 2.69 bits per heavy atom. The first-order valence-electron chi connectivity index (χ1n) is 6.65. The summed E-state index contributed by atoms with van der Waals surface area (Å²) in [4.78, 5) is 13.6. The monoisotopic (exact) mass is 225 g/mol. The molecule has 92 valence electrons. The van der Waals surface area contributed by atoms with Crippen molar-refractivity contribution >= 4 is 5.97 Å². The summed E-state index contributed by atoms with van der Waals surface area (Å²) in [6.45, 7) is 4.53. The highest BCUT2D eigenvalue weighted by atomic mass is 16.4. The molecule has 1 saturated carbocycles. The maximum Gasteiger partial charge on any atom is 0.308 e. The fourth-order valence-corrected chi connectivity index (χ4v) is 3.28. The first-order chi connectivity index (χ1) is 7.68. The van der Waals surface area contributed by atoms with Crippen LogP contribution in [0.2, 0.25) is 0 Å². The molecule has 0 spiro atoms. The van der Waals surface area contributed by atoms with E-state index < -0.39 is 5.97 Å². The van der Waals surface area contributed by atoms with Crippen molar-refractivity contribution in [2.75, 3.05) is 13.1 Å². The average Bonchev–Trinajstić information content (AvgIpc) is 2.63. The fourth-order valence-electron chi connectivity index (χ4n) is 3.28. The number of hydrogen-bond acceptors (Lipinski definition) is 2. The third-order valence-corrected chi connectivity index (χ3v) is 4.32. The van der Waals surface area contributed by atoms with Gasteiger partial charge < -0.3 is 5.11 Å². The lowest BCUT2D eigenvalue weighted by Crippen LogP contribution is -2.41. The number of nitrogens with zero attached hydrogens (tertiary/aromatic N) is 1. The summed E-state index contributed by atoms with van der Waals surface area (Å²) in [5, 5.41) is 9.21. The highest BCUT2D eigenvalue weighted by Gasteiger charge is 2.36. The van der Waals surface area contributed by atoms with E-state index in [1.165, 1.54) is 19.3 Å². The van der Waals surface area contributed by atoms with Crippen LogP contribution in [0.15, 0.2) is 0 Å². The molecule has 2 fully saturated rings. The normalized spacial score (nSPS) is 37.2. The smallest absolute Gasteiger partial charge is 0.308 e. The van der Waals surface area contributed by atoms with E-state index in [4.69, 9.17) is 0 Å². The minimum absolute atomic E-state index is 0.103. The van der Waals surface area contributed by atoms with E-state index in [1.807, 2.05) is 0 Å². The zero-order valence-corrected chi connectivity index (χ0v) is 10.2. The molecule has 1 N–H and O–H groups in total. The summed E-state index contributed by atoms with van der Waals surface area (Å²) in [6.07, 6.45) is 6.85. The molecule has 0 aromatic heterocycles. The Balaban J connectivity index is 1.97. The van der Waals surface area contributed by atoms with Crippen LogP contribution in [0.25, 0.3) is 0 Å². The molecule has 0 aromatic rings. The first-order valence-corrected chi connectivity index (χ1v) is 6.65. The van der Waals surface area contributed by atoms with E-state index in [0.29, 0.717) is 6.04 Å². The number of carbonyl (C=O) groups is 1. The molecule has 0 amide bonds. The van der Waals surface area contributed by atoms with Crippen molar-refractivity contribution in [1.29, 1.82) is 0 Å². The third-order valence-electron chi connectivity index (χ3n) is 4.32. The van der Waals surface area contributed by atoms with Crippen molar-refractivity contribution in [2.45, 2.75) is 51.5 Å². The number of rotatable bonds is 2. The SMILES string of the molecule is CC1CCCN(C2CCCC2C(=O)O)CC1. The minimum atomic E-state index is -0.584. The van der Waals surface area contributed by atoms with Crippen LogP contribution in [-0.2, 0) is 4.79 Å². The van der Waals surface area contributed by atoms with Crippen LogP contribution < -0.4 is 0 Å². The number of carboxylic acids is 1. The predicted octanol–water partition coefficient (Wildman–Crippen LogP) is 2.36. The highest BCUT2D eigenvalue weighted by Crippen LogP contribution is 2.32. The van der Waals surface area contributed by atoms with Crippen LogP contribution >= 0.6 is 0 Å². The standard InChI is InChI=1S/C13H23NO2/c1-10-4-3-8-14(9-7-10)12-6-2-5-11(12)13(15)16/h10-12H,2-9H2,1H3,(H,15,16). The summed E-state index contributed by atoms with van der Waals surface area (Å²) in [5.41, 5.74) is 0. The molecular weight excluding hydrogens is 202 g/mol. The molecule has 3 unspecified atom stereocenters. The molecular formula is C13H23NO2. The second-order valence-corrected chi connectivity index (χ2v) is 5.52. The zero-order valence-electron chi connectivity index (χ0n) is 10.2. The molecule has 2 aliphatic rings. The largest absolute Gasteiger partial charge is 0.481 e. The van der Waals surface area contributed by atoms with Crippen LogP contribution in [-0.4, -0.2) is 35.1 Å². The first kappa shape index (κ1) is 11.9. The lowest BCUT2D eigenvalue weighted by molar-refractivity contribution is -0.143. The molecule has 3 heteroatoms. The average molecular weight is 225 g/mol. The maximum absolute atomic E-state index is 11.2. The molecule has 0 bridgehead atoms. The zero-order chi connectivity index (χ0) is 11.5. The topological polar surface area (TPSA) is 40.5 Å². The van der Waals surface area contributed by atoms with Crippen LogP contribution in [0.4, 0.5) is 0 Å². The van der Waals surface area contributed by atoms with Gasteiger partial charge in [0.05, 0.1) is 5.92 Å². The van der Waals surface area contributed by atoms with Crippen LogP contribution in [0, 0.1) is 11.8 Å². The van der Waals surface area contributed by atoms with Gasteiger partial charge in [0, 0.05) is 6.04 Å². The third kappa shape index (κ3) is 2.57. The lowest BCUT2D eigenvalue weighted by atomic mass is 10.0. The Bertz CT molecular complexity index is 254. The Morgan fingerprint density at radius 1 is 1.12 bits per heavy atom. The van der Waals surface area contributed by atoms with Crippen molar-refractivity contribution in [3.05, 3.63) is 0 Å². The van der Waals surface area contributed by atoms with Gasteiger partial charge in [-0.1, -0.05) is 13.3 Å². The summed E-state index contributed by atoms with van der Waals surface area (Å²) >= 11 is 0. The molecule has 3 atom stereocenters. The predicted molar refractivity (Wildman–Crippen MR) is 63.4 cm³/mol. The van der Waals surface area contributed by atoms with E-state index >= 15 is 0 Å². The van der Waals surface area contributed by atoms with E-state index in [2.05, 4.69) is 11.8 Å². The van der Waals surface area contributed by atoms with Crippen LogP contribution in [0.3, 0.4) is 0 Å². The van der Waals surface area contributed by atoms with Crippen molar-refractivity contribution in [3.63, 3.8) is 0 Å². The van der Waals surface area contributed by atoms with Gasteiger partial charge in [-0.15, -0.1) is 0 Å². The summed E-state index contributed by atoms with van der Waals surface area (Å²) in [5.74, 6) is 0.128. The second-order valence-electron chi connectivity index (χ2n) is 5.52. The van der Waals surface area contributed by atoms with Gasteiger partial charge in [0.25, 0.3) is 0 Å². The van der Waals surface area contributed by atoms with E-state index in [0.717, 1.165) is 38.3 Å². The van der Waals surface area contributed by atoms with Gasteiger partial charge in [-0.05, 0) is 51.1 Å². The Labute approximate surface area is 97.8 Å². The van der Waals surface area contributed by atoms with E-state index in [9.17, 15) is 9.90 Å². The van der Waals surface area contributed by atoms with Crippen LogP contribution in [0.5, 0.6) is 0 Å². The van der Waals surface area contributed by atoms with E-state index in [-0.39, 0.29) is 5.92 Å². The molecule has 3 nitrogen and oxygen atoms in total. The number of carboxylic acid groups (broad SMARTS) is 1. The molecule has 1 aliphatic carbocycles. The Kier molecular flexibility index (Phi) is 3.85. The maximum atomic E-state index is 11.2. The Hall–Kier alpha value is -0.570. The van der Waals surface area contributed by atoms with Crippen molar-refractivity contribution in [2.24, 2.45) is 11.8 Å². The van der Waals surface area contributed by atoms with Gasteiger partial charge in [-0.2, -0.15) is 0 Å². The van der Waals surface area contributed by atoms with Gasteiger partial charge >= 0.3 is 5.97 Å². The van der Waals surface area contributed by atoms with Gasteiger partial charge in [0.15, 0.2) is 0 Å². The molecule has 2 rings (SSSR count). The van der Waals surface area contributed by atoms with Crippen molar-refractivity contribution < 1.29 is 9.90 Å². The molecule has 1 heterocycles. The molecule has 16 heavy (non-hydrogen) atoms. The Morgan fingerprint density at radius 2 is 1.94 bits per heavy atom. The van der Waals surface area contributed by atoms with Crippen molar-refractivity contribution in [1.82, 2.24) is 4.90 Å². The van der Waals surface area contributed by atoms with Gasteiger partial charge in [-0.25, -0.2) is 0 Å². The summed E-state index contributed by atoms with van der Waals surface area (Å²) in [7, 11) is 0. The number of aliphatic carboxylic acids is 1. The molecule has 0 aromatic carbocycles. The molecule has 1 aliphatic heterocycles. The number of likely N-dealkylation sites (tertiary alicyclic amines) is 1. The van der Waals surface area contributed by atoms with E-state index in [1.54, 1.807) is 0 Å². The number of hydrogen-bond donors (Lipinski definition) is 1. The van der Waals surface area contributed by atoms with Gasteiger partial charge in [-0.3, -0.25) is 9.69 Å². The quantitative estimate of drug-likeness (QED) is 0.784.